The van der Waals surface area contributed by atoms with E-state index in [1.807, 2.05) is 0 Å². The van der Waals surface area contributed by atoms with E-state index in [-0.39, 0.29) is 16.4 Å². The van der Waals surface area contributed by atoms with Crippen LogP contribution in [0.25, 0.3) is 0 Å². The lowest BCUT2D eigenvalue weighted by molar-refractivity contribution is -0.384. The van der Waals surface area contributed by atoms with Crippen LogP contribution in [0.5, 0.6) is 0 Å². The summed E-state index contributed by atoms with van der Waals surface area (Å²) in [6, 6.07) is 3.89. The molecule has 2 saturated heterocycles. The predicted molar refractivity (Wildman–Crippen MR) is 84.6 cm³/mol. The quantitative estimate of drug-likeness (QED) is 0.354. The number of hydrogen-bond donors (Lipinski definition) is 0. The van der Waals surface area contributed by atoms with Crippen LogP contribution < -0.4 is 4.90 Å². The molecule has 24 heavy (non-hydrogen) atoms. The summed E-state index contributed by atoms with van der Waals surface area (Å²) >= 11 is 5.81. The number of halogens is 1. The van der Waals surface area contributed by atoms with Gasteiger partial charge < -0.3 is 4.74 Å². The van der Waals surface area contributed by atoms with Crippen molar-refractivity contribution in [2.75, 3.05) is 4.90 Å². The average Bonchev–Trinajstić information content (AvgIpc) is 3.04. The van der Waals surface area contributed by atoms with Crippen LogP contribution in [0.3, 0.4) is 0 Å². The minimum absolute atomic E-state index is 0.0552. The molecule has 8 heteroatoms. The number of nitro groups is 1. The number of carbonyl (C=O) groups excluding carboxylic acids is 2. The van der Waals surface area contributed by atoms with Crippen LogP contribution in [-0.2, 0) is 14.3 Å². The van der Waals surface area contributed by atoms with Crippen molar-refractivity contribution in [2.45, 2.75) is 25.0 Å². The highest BCUT2D eigenvalue weighted by molar-refractivity contribution is 6.31. The molecule has 0 unspecified atom stereocenters. The molecule has 7 nitrogen and oxygen atoms in total. The second-order valence-electron chi connectivity index (χ2n) is 6.66. The molecule has 3 heterocycles. The van der Waals surface area contributed by atoms with Crippen molar-refractivity contribution in [3.8, 4) is 0 Å². The number of carbonyl (C=O) groups is 2. The Kier molecular flexibility index (Phi) is 2.82. The zero-order valence-corrected chi connectivity index (χ0v) is 13.6. The molecule has 1 aromatic rings. The van der Waals surface area contributed by atoms with Crippen molar-refractivity contribution in [3.05, 3.63) is 45.5 Å². The largest absolute Gasteiger partial charge is 0.359 e. The molecule has 0 radical (unpaired) electrons. The third-order valence-electron chi connectivity index (χ3n) is 5.10. The molecular weight excluding hydrogens is 336 g/mol. The average molecular weight is 349 g/mol. The summed E-state index contributed by atoms with van der Waals surface area (Å²) in [4.78, 5) is 37.4. The molecule has 4 atom stereocenters. The van der Waals surface area contributed by atoms with Gasteiger partial charge in [0.25, 0.3) is 5.69 Å². The molecule has 0 spiro atoms. The normalized spacial score (nSPS) is 36.5. The first-order valence-corrected chi connectivity index (χ1v) is 7.78. The Balaban J connectivity index is 1.85. The minimum Gasteiger partial charge on any atom is -0.359 e. The van der Waals surface area contributed by atoms with Gasteiger partial charge in [0.15, 0.2) is 0 Å². The van der Waals surface area contributed by atoms with Gasteiger partial charge >= 0.3 is 0 Å². The number of amides is 2. The monoisotopic (exact) mass is 348 g/mol. The first-order chi connectivity index (χ1) is 11.2. The fourth-order valence-corrected chi connectivity index (χ4v) is 4.27. The summed E-state index contributed by atoms with van der Waals surface area (Å²) in [5.74, 6) is -2.33. The second-order valence-corrected chi connectivity index (χ2v) is 7.10. The van der Waals surface area contributed by atoms with Crippen molar-refractivity contribution >= 4 is 34.8 Å². The van der Waals surface area contributed by atoms with Gasteiger partial charge in [-0.3, -0.25) is 19.7 Å². The highest BCUT2D eigenvalue weighted by Gasteiger charge is 2.70. The summed E-state index contributed by atoms with van der Waals surface area (Å²) in [6.07, 6.45) is 3.58. The fraction of sp³-hybridized carbons (Fsp3) is 0.375. The Morgan fingerprint density at radius 3 is 2.21 bits per heavy atom. The molecule has 3 aliphatic rings. The highest BCUT2D eigenvalue weighted by atomic mass is 35.5. The van der Waals surface area contributed by atoms with Gasteiger partial charge in [0.1, 0.15) is 5.69 Å². The highest BCUT2D eigenvalue weighted by Crippen LogP contribution is 2.57. The molecule has 0 N–H and O–H groups in total. The zero-order chi connectivity index (χ0) is 17.4. The molecule has 2 amide bonds. The van der Waals surface area contributed by atoms with Gasteiger partial charge in [0.05, 0.1) is 28.0 Å². The molecule has 0 aliphatic carbocycles. The maximum Gasteiger partial charge on any atom is 0.294 e. The van der Waals surface area contributed by atoms with E-state index in [9.17, 15) is 19.7 Å². The van der Waals surface area contributed by atoms with Gasteiger partial charge in [-0.25, -0.2) is 4.90 Å². The number of benzene rings is 1. The standard InChI is InChI=1S/C16H13ClN2O5/c1-15-5-6-16(2,24-15)12-11(15)13(20)18(14(12)21)9-4-3-8(17)7-10(9)19(22)23/h3-7,11-12H,1-2H3/t11-,12+,15+,16-. The number of rotatable bonds is 2. The summed E-state index contributed by atoms with van der Waals surface area (Å²) in [5, 5.41) is 11.5. The summed E-state index contributed by atoms with van der Waals surface area (Å²) < 4.78 is 5.90. The lowest BCUT2D eigenvalue weighted by Gasteiger charge is -2.25. The summed E-state index contributed by atoms with van der Waals surface area (Å²) in [5.41, 5.74) is -2.18. The summed E-state index contributed by atoms with van der Waals surface area (Å²) in [6.45, 7) is 3.51. The van der Waals surface area contributed by atoms with E-state index in [1.165, 1.54) is 12.1 Å². The first-order valence-electron chi connectivity index (χ1n) is 7.40. The van der Waals surface area contributed by atoms with E-state index >= 15 is 0 Å². The van der Waals surface area contributed by atoms with Gasteiger partial charge in [0.2, 0.25) is 11.8 Å². The number of nitro benzene ring substituents is 1. The molecule has 3 aliphatic heterocycles. The first kappa shape index (κ1) is 15.3. The van der Waals surface area contributed by atoms with Crippen LogP contribution in [0.1, 0.15) is 13.8 Å². The van der Waals surface area contributed by atoms with Gasteiger partial charge in [-0.05, 0) is 26.0 Å². The van der Waals surface area contributed by atoms with Crippen LogP contribution >= 0.6 is 11.6 Å². The van der Waals surface area contributed by atoms with Crippen molar-refractivity contribution in [3.63, 3.8) is 0 Å². The maximum atomic E-state index is 12.9. The van der Waals surface area contributed by atoms with Crippen molar-refractivity contribution in [2.24, 2.45) is 11.8 Å². The van der Waals surface area contributed by atoms with Crippen LogP contribution in [0, 0.1) is 22.0 Å². The number of fused-ring (bicyclic) bond motifs is 5. The van der Waals surface area contributed by atoms with E-state index in [2.05, 4.69) is 0 Å². The summed E-state index contributed by atoms with van der Waals surface area (Å²) in [7, 11) is 0. The van der Waals surface area contributed by atoms with Gasteiger partial charge in [-0.1, -0.05) is 23.8 Å². The number of imide groups is 1. The molecule has 1 aromatic carbocycles. The van der Waals surface area contributed by atoms with Crippen LogP contribution in [0.4, 0.5) is 11.4 Å². The molecule has 2 fully saturated rings. The Hall–Kier alpha value is -2.25. The Morgan fingerprint density at radius 2 is 1.71 bits per heavy atom. The van der Waals surface area contributed by atoms with Crippen LogP contribution in [0.15, 0.2) is 30.4 Å². The molecule has 0 aromatic heterocycles. The number of anilines is 1. The van der Waals surface area contributed by atoms with Gasteiger partial charge in [-0.15, -0.1) is 0 Å². The van der Waals surface area contributed by atoms with E-state index in [0.29, 0.717) is 0 Å². The number of nitrogens with zero attached hydrogens (tertiary/aromatic N) is 2. The topological polar surface area (TPSA) is 89.8 Å². The van der Waals surface area contributed by atoms with Gasteiger partial charge in [-0.2, -0.15) is 0 Å². The van der Waals surface area contributed by atoms with Crippen molar-refractivity contribution in [1.82, 2.24) is 0 Å². The molecule has 2 bridgehead atoms. The van der Waals surface area contributed by atoms with E-state index in [1.54, 1.807) is 26.0 Å². The zero-order valence-electron chi connectivity index (χ0n) is 12.9. The SMILES string of the molecule is C[C@]12C=C[C@](C)(O1)[C@H]1C(=O)N(c3ccc(Cl)cc3[N+](=O)[O-])C(=O)[C@H]12. The van der Waals surface area contributed by atoms with E-state index in [0.717, 1.165) is 11.0 Å². The second kappa shape index (κ2) is 4.43. The Labute approximate surface area is 142 Å². The maximum absolute atomic E-state index is 12.9. The van der Waals surface area contributed by atoms with E-state index < -0.39 is 39.8 Å². The number of ether oxygens (including phenoxy) is 1. The van der Waals surface area contributed by atoms with Gasteiger partial charge in [0, 0.05) is 11.1 Å². The lowest BCUT2D eigenvalue weighted by atomic mass is 9.73. The van der Waals surface area contributed by atoms with Crippen molar-refractivity contribution < 1.29 is 19.2 Å². The molecule has 0 saturated carbocycles. The smallest absolute Gasteiger partial charge is 0.294 e. The minimum atomic E-state index is -0.873. The van der Waals surface area contributed by atoms with Crippen LogP contribution in [0.2, 0.25) is 5.02 Å². The molecule has 124 valence electrons. The van der Waals surface area contributed by atoms with E-state index in [4.69, 9.17) is 16.3 Å². The third kappa shape index (κ3) is 1.71. The Morgan fingerprint density at radius 1 is 1.17 bits per heavy atom. The molecular formula is C16H13ClN2O5. The fourth-order valence-electron chi connectivity index (χ4n) is 4.10. The van der Waals surface area contributed by atoms with Crippen molar-refractivity contribution in [1.29, 1.82) is 0 Å². The Bertz CT molecular complexity index is 817. The third-order valence-corrected chi connectivity index (χ3v) is 5.34. The predicted octanol–water partition coefficient (Wildman–Crippen LogP) is 2.47. The number of hydrogen-bond acceptors (Lipinski definition) is 5. The van der Waals surface area contributed by atoms with Crippen LogP contribution in [-0.4, -0.2) is 27.9 Å². The lowest BCUT2D eigenvalue weighted by Crippen LogP contribution is -2.39. The molecule has 4 rings (SSSR count).